The zero-order valence-corrected chi connectivity index (χ0v) is 17.5. The Morgan fingerprint density at radius 2 is 1.97 bits per heavy atom. The van der Waals surface area contributed by atoms with Gasteiger partial charge >= 0.3 is 0 Å². The van der Waals surface area contributed by atoms with Gasteiger partial charge in [-0.1, -0.05) is 36.4 Å². The van der Waals surface area contributed by atoms with Crippen molar-refractivity contribution in [1.29, 1.82) is 0 Å². The lowest BCUT2D eigenvalue weighted by Crippen LogP contribution is -2.46. The maximum absolute atomic E-state index is 12.5. The highest BCUT2D eigenvalue weighted by Crippen LogP contribution is 2.25. The Labute approximate surface area is 178 Å². The Bertz CT molecular complexity index is 809. The number of nitrogens with zero attached hydrogens (tertiary/aromatic N) is 1. The summed E-state index contributed by atoms with van der Waals surface area (Å²) in [5.74, 6) is 0.816. The molecule has 0 radical (unpaired) electrons. The fourth-order valence-electron chi connectivity index (χ4n) is 3.64. The minimum atomic E-state index is -0.129. The highest BCUT2D eigenvalue weighted by Gasteiger charge is 2.27. The number of benzene rings is 2. The van der Waals surface area contributed by atoms with E-state index in [9.17, 15) is 9.59 Å². The van der Waals surface area contributed by atoms with Crippen LogP contribution in [-0.2, 0) is 9.59 Å². The second kappa shape index (κ2) is 11.6. The Hall–Kier alpha value is -2.31. The van der Waals surface area contributed by atoms with Gasteiger partial charge in [0, 0.05) is 38.0 Å². The minimum Gasteiger partial charge on any atom is -0.493 e. The van der Waals surface area contributed by atoms with Crippen molar-refractivity contribution >= 4 is 35.0 Å². The van der Waals surface area contributed by atoms with E-state index in [0.29, 0.717) is 39.1 Å². The molecule has 1 heterocycles. The summed E-state index contributed by atoms with van der Waals surface area (Å²) in [5.41, 5.74) is 5.43. The number of likely N-dealkylation sites (tertiary alicyclic amines) is 1. The molecule has 2 aromatic rings. The normalized spacial score (nSPS) is 16.2. The minimum absolute atomic E-state index is 0. The van der Waals surface area contributed by atoms with Crippen LogP contribution >= 0.6 is 12.4 Å². The molecular weight excluding hydrogens is 390 g/mol. The standard InChI is InChI=1S/C22H29N3O3.ClH/c23-12-13-24-22(27)18-8-4-14-25(16-18)21(26)11-5-15-28-20-10-3-7-17-6-1-2-9-19(17)20;/h1-3,6-7,9-10,18H,4-5,8,11-16,23H2,(H,24,27);1H. The van der Waals surface area contributed by atoms with E-state index in [1.54, 1.807) is 0 Å². The van der Waals surface area contributed by atoms with Gasteiger partial charge in [-0.05, 0) is 30.7 Å². The molecule has 2 amide bonds. The maximum Gasteiger partial charge on any atom is 0.224 e. The number of halogens is 1. The van der Waals surface area contributed by atoms with Crippen LogP contribution in [0.4, 0.5) is 0 Å². The van der Waals surface area contributed by atoms with Crippen molar-refractivity contribution in [3.8, 4) is 5.75 Å². The molecule has 1 atom stereocenters. The van der Waals surface area contributed by atoms with Gasteiger partial charge in [0.1, 0.15) is 5.75 Å². The van der Waals surface area contributed by atoms with Crippen LogP contribution in [0, 0.1) is 5.92 Å². The molecule has 3 rings (SSSR count). The van der Waals surface area contributed by atoms with Crippen LogP contribution in [0.2, 0.25) is 0 Å². The number of piperidine rings is 1. The first-order chi connectivity index (χ1) is 13.7. The summed E-state index contributed by atoms with van der Waals surface area (Å²) in [7, 11) is 0. The predicted molar refractivity (Wildman–Crippen MR) is 117 cm³/mol. The summed E-state index contributed by atoms with van der Waals surface area (Å²) in [4.78, 5) is 26.5. The van der Waals surface area contributed by atoms with Gasteiger partial charge in [0.25, 0.3) is 0 Å². The second-order valence-corrected chi connectivity index (χ2v) is 7.19. The van der Waals surface area contributed by atoms with E-state index in [1.807, 2.05) is 35.2 Å². The van der Waals surface area contributed by atoms with Gasteiger partial charge in [0.15, 0.2) is 0 Å². The van der Waals surface area contributed by atoms with Crippen LogP contribution in [0.5, 0.6) is 5.75 Å². The van der Waals surface area contributed by atoms with Crippen molar-refractivity contribution in [2.75, 3.05) is 32.8 Å². The lowest BCUT2D eigenvalue weighted by Gasteiger charge is -2.32. The zero-order chi connectivity index (χ0) is 19.8. The third-order valence-electron chi connectivity index (χ3n) is 5.13. The predicted octanol–water partition coefficient (Wildman–Crippen LogP) is 2.73. The van der Waals surface area contributed by atoms with Crippen molar-refractivity contribution in [2.45, 2.75) is 25.7 Å². The van der Waals surface area contributed by atoms with E-state index in [2.05, 4.69) is 17.4 Å². The van der Waals surface area contributed by atoms with Crippen LogP contribution in [0.3, 0.4) is 0 Å². The topological polar surface area (TPSA) is 84.7 Å². The van der Waals surface area contributed by atoms with Crippen molar-refractivity contribution < 1.29 is 14.3 Å². The van der Waals surface area contributed by atoms with E-state index in [-0.39, 0.29) is 30.1 Å². The van der Waals surface area contributed by atoms with E-state index < -0.39 is 0 Å². The van der Waals surface area contributed by atoms with Gasteiger partial charge in [-0.15, -0.1) is 12.4 Å². The number of carbonyl (C=O) groups is 2. The second-order valence-electron chi connectivity index (χ2n) is 7.19. The molecule has 1 unspecified atom stereocenters. The van der Waals surface area contributed by atoms with Crippen molar-refractivity contribution in [1.82, 2.24) is 10.2 Å². The molecule has 1 saturated heterocycles. The fraction of sp³-hybridized carbons (Fsp3) is 0.455. The Morgan fingerprint density at radius 3 is 2.79 bits per heavy atom. The molecular formula is C22H30ClN3O3. The van der Waals surface area contributed by atoms with Gasteiger partial charge in [-0.3, -0.25) is 9.59 Å². The third kappa shape index (κ3) is 6.34. The number of carbonyl (C=O) groups excluding carboxylic acids is 2. The van der Waals surface area contributed by atoms with Gasteiger partial charge in [0.2, 0.25) is 11.8 Å². The fourth-order valence-corrected chi connectivity index (χ4v) is 3.64. The van der Waals surface area contributed by atoms with Crippen molar-refractivity contribution in [3.63, 3.8) is 0 Å². The molecule has 1 aliphatic heterocycles. The van der Waals surface area contributed by atoms with Crippen LogP contribution in [-0.4, -0.2) is 49.5 Å². The third-order valence-corrected chi connectivity index (χ3v) is 5.13. The molecule has 6 nitrogen and oxygen atoms in total. The molecule has 0 spiro atoms. The number of rotatable bonds is 8. The van der Waals surface area contributed by atoms with Gasteiger partial charge in [-0.25, -0.2) is 0 Å². The van der Waals surface area contributed by atoms with Gasteiger partial charge in [0.05, 0.1) is 12.5 Å². The van der Waals surface area contributed by atoms with Crippen molar-refractivity contribution in [2.24, 2.45) is 11.7 Å². The molecule has 0 bridgehead atoms. The number of amides is 2. The number of ether oxygens (including phenoxy) is 1. The van der Waals surface area contributed by atoms with E-state index in [4.69, 9.17) is 10.5 Å². The molecule has 0 aromatic heterocycles. The average Bonchev–Trinajstić information content (AvgIpc) is 2.75. The van der Waals surface area contributed by atoms with E-state index >= 15 is 0 Å². The number of nitrogens with two attached hydrogens (primary N) is 1. The van der Waals surface area contributed by atoms with Gasteiger partial charge < -0.3 is 20.7 Å². The Balaban J connectivity index is 0.00000300. The molecule has 158 valence electrons. The smallest absolute Gasteiger partial charge is 0.224 e. The number of nitrogens with one attached hydrogen (secondary N) is 1. The number of fused-ring (bicyclic) bond motifs is 1. The summed E-state index contributed by atoms with van der Waals surface area (Å²) >= 11 is 0. The summed E-state index contributed by atoms with van der Waals surface area (Å²) in [6.07, 6.45) is 2.77. The van der Waals surface area contributed by atoms with E-state index in [0.717, 1.165) is 35.9 Å². The molecule has 2 aromatic carbocycles. The summed E-state index contributed by atoms with van der Waals surface area (Å²) < 4.78 is 5.91. The first-order valence-electron chi connectivity index (χ1n) is 10.0. The summed E-state index contributed by atoms with van der Waals surface area (Å²) in [5, 5.41) is 5.05. The molecule has 1 fully saturated rings. The average molecular weight is 420 g/mol. The van der Waals surface area contributed by atoms with Crippen LogP contribution in [0.15, 0.2) is 42.5 Å². The van der Waals surface area contributed by atoms with Gasteiger partial charge in [-0.2, -0.15) is 0 Å². The first-order valence-corrected chi connectivity index (χ1v) is 10.0. The largest absolute Gasteiger partial charge is 0.493 e. The molecule has 3 N–H and O–H groups in total. The Kier molecular flexibility index (Phi) is 9.22. The molecule has 0 aliphatic carbocycles. The van der Waals surface area contributed by atoms with Crippen LogP contribution in [0.1, 0.15) is 25.7 Å². The molecule has 29 heavy (non-hydrogen) atoms. The first kappa shape index (κ1) is 23.0. The lowest BCUT2D eigenvalue weighted by molar-refractivity contribution is -0.135. The van der Waals surface area contributed by atoms with E-state index in [1.165, 1.54) is 0 Å². The quantitative estimate of drug-likeness (QED) is 0.644. The monoisotopic (exact) mass is 419 g/mol. The summed E-state index contributed by atoms with van der Waals surface area (Å²) in [6, 6.07) is 14.1. The number of hydrogen-bond acceptors (Lipinski definition) is 4. The summed E-state index contributed by atoms with van der Waals surface area (Å²) in [6.45, 7) is 2.63. The lowest BCUT2D eigenvalue weighted by atomic mass is 9.96. The van der Waals surface area contributed by atoms with Crippen LogP contribution in [0.25, 0.3) is 10.8 Å². The molecule has 7 heteroatoms. The number of hydrogen-bond donors (Lipinski definition) is 2. The highest BCUT2D eigenvalue weighted by molar-refractivity contribution is 5.88. The molecule has 0 saturated carbocycles. The van der Waals surface area contributed by atoms with Crippen molar-refractivity contribution in [3.05, 3.63) is 42.5 Å². The SMILES string of the molecule is Cl.NCCNC(=O)C1CCCN(C(=O)CCCOc2cccc3ccccc23)C1. The highest BCUT2D eigenvalue weighted by atomic mass is 35.5. The zero-order valence-electron chi connectivity index (χ0n) is 16.6. The maximum atomic E-state index is 12.5. The Morgan fingerprint density at radius 1 is 1.17 bits per heavy atom. The molecule has 1 aliphatic rings. The van der Waals surface area contributed by atoms with Crippen LogP contribution < -0.4 is 15.8 Å².